The van der Waals surface area contributed by atoms with Crippen LogP contribution >= 0.6 is 0 Å². The van der Waals surface area contributed by atoms with Gasteiger partial charge in [-0.15, -0.1) is 42.0 Å². The normalized spacial score (nSPS) is 10.8. The minimum Gasteiger partial charge on any atom is -0.507 e. The Kier molecular flexibility index (Phi) is 10.3. The van der Waals surface area contributed by atoms with Crippen LogP contribution in [0.1, 0.15) is 5.56 Å². The molecular weight excluding hydrogens is 838 g/mol. The molecule has 9 aromatic rings. The first-order valence-electron chi connectivity index (χ1n) is 16.8. The van der Waals surface area contributed by atoms with Crippen LogP contribution in [0.4, 0.5) is 4.39 Å². The van der Waals surface area contributed by atoms with Gasteiger partial charge in [-0.1, -0.05) is 102 Å². The van der Waals surface area contributed by atoms with E-state index < -0.39 is 0 Å². The molecule has 1 N–H and O–H groups in total. The molecule has 0 aliphatic carbocycles. The second-order valence-corrected chi connectivity index (χ2v) is 12.3. The van der Waals surface area contributed by atoms with Gasteiger partial charge >= 0.3 is 0 Å². The molecule has 0 bridgehead atoms. The molecule has 7 heteroatoms. The number of furan rings is 1. The van der Waals surface area contributed by atoms with Gasteiger partial charge in [0, 0.05) is 60.7 Å². The Labute approximate surface area is 319 Å². The Bertz CT molecular complexity index is 2680. The minimum absolute atomic E-state index is 0. The summed E-state index contributed by atoms with van der Waals surface area (Å²) in [5.41, 5.74) is 11.3. The molecular formula is C46H30FIrN3O2-2. The van der Waals surface area contributed by atoms with Crippen molar-refractivity contribution in [2.24, 2.45) is 0 Å². The Morgan fingerprint density at radius 1 is 0.623 bits per heavy atom. The van der Waals surface area contributed by atoms with E-state index in [1.807, 2.05) is 85.2 Å². The number of benzene rings is 5. The van der Waals surface area contributed by atoms with Gasteiger partial charge in [-0.3, -0.25) is 19.3 Å². The van der Waals surface area contributed by atoms with E-state index in [0.29, 0.717) is 22.5 Å². The second-order valence-electron chi connectivity index (χ2n) is 12.3. The van der Waals surface area contributed by atoms with E-state index in [1.165, 1.54) is 12.1 Å². The van der Waals surface area contributed by atoms with Gasteiger partial charge in [0.1, 0.15) is 11.3 Å². The Hall–Kier alpha value is -6.27. The zero-order chi connectivity index (χ0) is 35.4. The Morgan fingerprint density at radius 3 is 2.19 bits per heavy atom. The van der Waals surface area contributed by atoms with Crippen LogP contribution in [0.3, 0.4) is 0 Å². The maximum atomic E-state index is 12.9. The first-order chi connectivity index (χ1) is 25.5. The predicted octanol–water partition coefficient (Wildman–Crippen LogP) is 11.5. The number of phenolic OH excluding ortho intramolecular Hbond substituents is 1. The minimum atomic E-state index is -0.328. The van der Waals surface area contributed by atoms with Gasteiger partial charge < -0.3 is 9.52 Å². The maximum Gasteiger partial charge on any atom is 0.124 e. The van der Waals surface area contributed by atoms with Crippen molar-refractivity contribution in [2.75, 3.05) is 0 Å². The van der Waals surface area contributed by atoms with Gasteiger partial charge in [-0.25, -0.2) is 0 Å². The monoisotopic (exact) mass is 868 g/mol. The molecule has 0 spiro atoms. The molecule has 1 radical (unpaired) electrons. The number of hydrogen-bond donors (Lipinski definition) is 1. The number of fused-ring (bicyclic) bond motifs is 3. The van der Waals surface area contributed by atoms with Gasteiger partial charge in [0.15, 0.2) is 0 Å². The van der Waals surface area contributed by atoms with Gasteiger partial charge in [-0.05, 0) is 65.5 Å². The van der Waals surface area contributed by atoms with Crippen molar-refractivity contribution >= 4 is 21.9 Å². The third-order valence-electron chi connectivity index (χ3n) is 8.70. The summed E-state index contributed by atoms with van der Waals surface area (Å²) in [4.78, 5) is 13.8. The fourth-order valence-corrected chi connectivity index (χ4v) is 6.14. The molecule has 259 valence electrons. The third kappa shape index (κ3) is 7.53. The molecule has 0 unspecified atom stereocenters. The van der Waals surface area contributed by atoms with E-state index in [-0.39, 0.29) is 31.7 Å². The largest absolute Gasteiger partial charge is 0.507 e. The number of aromatic hydroxyl groups is 1. The molecule has 53 heavy (non-hydrogen) atoms. The number of pyridine rings is 3. The number of rotatable bonds is 5. The smallest absolute Gasteiger partial charge is 0.124 e. The number of hydrogen-bond acceptors (Lipinski definition) is 5. The summed E-state index contributed by atoms with van der Waals surface area (Å²) in [5.74, 6) is -0.147. The maximum absolute atomic E-state index is 12.9. The molecule has 0 amide bonds. The van der Waals surface area contributed by atoms with Crippen LogP contribution in [-0.4, -0.2) is 20.1 Å². The molecule has 0 saturated heterocycles. The molecule has 0 atom stereocenters. The molecule has 4 aromatic heterocycles. The van der Waals surface area contributed by atoms with Crippen molar-refractivity contribution in [3.63, 3.8) is 0 Å². The van der Waals surface area contributed by atoms with Crippen LogP contribution in [0.25, 0.3) is 78.1 Å². The van der Waals surface area contributed by atoms with Crippen LogP contribution in [0.5, 0.6) is 5.75 Å². The first kappa shape index (κ1) is 35.1. The van der Waals surface area contributed by atoms with Gasteiger partial charge in [0.25, 0.3) is 0 Å². The van der Waals surface area contributed by atoms with Crippen molar-refractivity contribution in [2.45, 2.75) is 6.92 Å². The van der Waals surface area contributed by atoms with Crippen molar-refractivity contribution in [1.82, 2.24) is 15.0 Å². The molecule has 9 rings (SSSR count). The topological polar surface area (TPSA) is 72.0 Å². The fourth-order valence-electron chi connectivity index (χ4n) is 6.14. The Balaban J connectivity index is 0.000000179. The molecule has 0 aliphatic rings. The van der Waals surface area contributed by atoms with E-state index >= 15 is 0 Å². The molecule has 4 heterocycles. The molecule has 0 fully saturated rings. The predicted molar refractivity (Wildman–Crippen MR) is 205 cm³/mol. The van der Waals surface area contributed by atoms with E-state index in [9.17, 15) is 9.50 Å². The molecule has 0 aliphatic heterocycles. The molecule has 0 saturated carbocycles. The third-order valence-corrected chi connectivity index (χ3v) is 8.70. The summed E-state index contributed by atoms with van der Waals surface area (Å²) >= 11 is 0. The molecule has 5 nitrogen and oxygen atoms in total. The van der Waals surface area contributed by atoms with E-state index in [0.717, 1.165) is 61.1 Å². The number of aryl methyl sites for hydroxylation is 1. The van der Waals surface area contributed by atoms with Crippen LogP contribution in [0, 0.1) is 24.9 Å². The van der Waals surface area contributed by atoms with Gasteiger partial charge in [-0.2, -0.15) is 0 Å². The van der Waals surface area contributed by atoms with E-state index in [1.54, 1.807) is 24.3 Å². The summed E-state index contributed by atoms with van der Waals surface area (Å²) < 4.78 is 19.2. The van der Waals surface area contributed by atoms with Crippen molar-refractivity contribution in [3.05, 3.63) is 181 Å². The zero-order valence-electron chi connectivity index (χ0n) is 28.4. The standard InChI is InChI=1S/C29H19N2O.C17H11FNO.Ir/c1-19-11-13-31-27(15-19)25-17-22(16-24-23-9-5-6-10-28(23)32-29(24)25)26-18-21(12-14-30-26)20-7-3-2-4-8-20;18-13-10-8-12(9-11-13)15-5-3-6-16(19-15)14-4-1-2-7-17(14)20;/h2-16,18H,1H3;1-8,10-11,20H;/q2*-1;. The number of halogens is 1. The van der Waals surface area contributed by atoms with Crippen molar-refractivity contribution < 1.29 is 34.0 Å². The summed E-state index contributed by atoms with van der Waals surface area (Å²) in [5, 5.41) is 12.0. The number of para-hydroxylation sites is 2. The van der Waals surface area contributed by atoms with Crippen molar-refractivity contribution in [3.8, 4) is 61.9 Å². The Morgan fingerprint density at radius 2 is 1.38 bits per heavy atom. The van der Waals surface area contributed by atoms with Crippen LogP contribution in [0.2, 0.25) is 0 Å². The first-order valence-corrected chi connectivity index (χ1v) is 16.8. The van der Waals surface area contributed by atoms with Crippen LogP contribution < -0.4 is 0 Å². The van der Waals surface area contributed by atoms with Crippen LogP contribution in [-0.2, 0) is 20.1 Å². The average Bonchev–Trinajstić information content (AvgIpc) is 3.57. The number of aromatic nitrogens is 3. The summed E-state index contributed by atoms with van der Waals surface area (Å²) in [7, 11) is 0. The second kappa shape index (κ2) is 15.5. The van der Waals surface area contributed by atoms with E-state index in [2.05, 4.69) is 70.4 Å². The van der Waals surface area contributed by atoms with Crippen LogP contribution in [0.15, 0.2) is 162 Å². The average molecular weight is 868 g/mol. The zero-order valence-corrected chi connectivity index (χ0v) is 30.8. The number of phenols is 1. The van der Waals surface area contributed by atoms with Gasteiger partial charge in [0.2, 0.25) is 0 Å². The fraction of sp³-hybridized carbons (Fsp3) is 0.0217. The summed E-state index contributed by atoms with van der Waals surface area (Å²) in [6.07, 6.45) is 3.68. The summed E-state index contributed by atoms with van der Waals surface area (Å²) in [6, 6.07) is 52.0. The van der Waals surface area contributed by atoms with Gasteiger partial charge in [0.05, 0.1) is 11.3 Å². The van der Waals surface area contributed by atoms with Crippen molar-refractivity contribution in [1.29, 1.82) is 0 Å². The van der Waals surface area contributed by atoms with E-state index in [4.69, 9.17) is 4.42 Å². The molecule has 5 aromatic carbocycles. The SMILES string of the molecule is Cc1ccnc(-c2[c-]c(-c3cc(-c4ccccc4)ccn3)cc3c2oc2ccccc23)c1.Oc1ccccc1-c1cccc(-c2[c-]cc(F)cc2)n1.[Ir]. The quantitative estimate of drug-likeness (QED) is 0.175. The number of nitrogens with zero attached hydrogens (tertiary/aromatic N) is 3. The summed E-state index contributed by atoms with van der Waals surface area (Å²) in [6.45, 7) is 2.07.